The highest BCUT2D eigenvalue weighted by molar-refractivity contribution is 7.93. The van der Waals surface area contributed by atoms with Crippen molar-refractivity contribution in [1.82, 2.24) is 0 Å². The Hall–Kier alpha value is -1.37. The van der Waals surface area contributed by atoms with Gasteiger partial charge in [0, 0.05) is 17.3 Å². The van der Waals surface area contributed by atoms with Crippen molar-refractivity contribution in [3.63, 3.8) is 0 Å². The molecule has 6 heteroatoms. The summed E-state index contributed by atoms with van der Waals surface area (Å²) >= 11 is 1.23. The Labute approximate surface area is 110 Å². The van der Waals surface area contributed by atoms with Crippen molar-refractivity contribution < 1.29 is 13.5 Å². The average molecular weight is 283 g/mol. The van der Waals surface area contributed by atoms with Crippen LogP contribution in [0.1, 0.15) is 4.88 Å². The zero-order chi connectivity index (χ0) is 13.2. The number of nitrogens with zero attached hydrogens (tertiary/aromatic N) is 1. The lowest BCUT2D eigenvalue weighted by atomic mass is 10.3. The molecule has 1 aromatic carbocycles. The minimum Gasteiger partial charge on any atom is -0.391 e. The molecule has 0 fully saturated rings. The molecule has 0 unspecified atom stereocenters. The third-order valence-corrected chi connectivity index (χ3v) is 5.40. The Bertz CT molecular complexity index is 620. The van der Waals surface area contributed by atoms with Gasteiger partial charge in [-0.2, -0.15) is 0 Å². The molecule has 4 nitrogen and oxygen atoms in total. The van der Waals surface area contributed by atoms with Crippen LogP contribution in [0.2, 0.25) is 0 Å². The third kappa shape index (κ3) is 2.40. The van der Waals surface area contributed by atoms with E-state index in [0.29, 0.717) is 10.6 Å². The van der Waals surface area contributed by atoms with E-state index in [1.165, 1.54) is 28.8 Å². The van der Waals surface area contributed by atoms with Crippen LogP contribution in [-0.2, 0) is 16.6 Å². The fourth-order valence-electron chi connectivity index (χ4n) is 1.51. The Balaban J connectivity index is 2.37. The minimum absolute atomic E-state index is 0.144. The molecule has 1 aromatic heterocycles. The van der Waals surface area contributed by atoms with Gasteiger partial charge in [0.25, 0.3) is 10.0 Å². The predicted molar refractivity (Wildman–Crippen MR) is 72.3 cm³/mol. The number of thiophene rings is 1. The molecule has 2 aromatic rings. The summed E-state index contributed by atoms with van der Waals surface area (Å²) in [5.74, 6) is 0. The van der Waals surface area contributed by atoms with Crippen LogP contribution in [0.3, 0.4) is 0 Å². The summed E-state index contributed by atoms with van der Waals surface area (Å²) in [6, 6.07) is 10.4. The van der Waals surface area contributed by atoms with E-state index in [-0.39, 0.29) is 11.5 Å². The van der Waals surface area contributed by atoms with Gasteiger partial charge in [-0.3, -0.25) is 4.31 Å². The van der Waals surface area contributed by atoms with E-state index in [2.05, 4.69) is 0 Å². The molecule has 2 rings (SSSR count). The van der Waals surface area contributed by atoms with E-state index >= 15 is 0 Å². The maximum Gasteiger partial charge on any atom is 0.264 e. The van der Waals surface area contributed by atoms with Gasteiger partial charge in [0.1, 0.15) is 0 Å². The van der Waals surface area contributed by atoms with Crippen LogP contribution >= 0.6 is 11.3 Å². The second kappa shape index (κ2) is 5.09. The molecular weight excluding hydrogens is 270 g/mol. The van der Waals surface area contributed by atoms with Gasteiger partial charge in [-0.25, -0.2) is 8.42 Å². The van der Waals surface area contributed by atoms with Gasteiger partial charge in [0.05, 0.1) is 17.2 Å². The monoisotopic (exact) mass is 283 g/mol. The smallest absolute Gasteiger partial charge is 0.264 e. The zero-order valence-electron chi connectivity index (χ0n) is 9.78. The summed E-state index contributed by atoms with van der Waals surface area (Å²) in [6.07, 6.45) is 0. The molecule has 18 heavy (non-hydrogen) atoms. The quantitative estimate of drug-likeness (QED) is 0.934. The number of rotatable bonds is 4. The van der Waals surface area contributed by atoms with Gasteiger partial charge in [0.15, 0.2) is 0 Å². The normalized spacial score (nSPS) is 11.4. The number of aliphatic hydroxyl groups is 1. The molecular formula is C12H13NO3S2. The molecule has 0 aliphatic rings. The van der Waals surface area contributed by atoms with Gasteiger partial charge in [-0.05, 0) is 18.2 Å². The Morgan fingerprint density at radius 2 is 1.94 bits per heavy atom. The minimum atomic E-state index is -3.55. The van der Waals surface area contributed by atoms with E-state index in [0.717, 1.165) is 0 Å². The van der Waals surface area contributed by atoms with Crippen LogP contribution in [0.5, 0.6) is 0 Å². The molecule has 0 spiro atoms. The number of hydrogen-bond acceptors (Lipinski definition) is 4. The summed E-state index contributed by atoms with van der Waals surface area (Å²) in [7, 11) is -2.03. The van der Waals surface area contributed by atoms with E-state index in [1.54, 1.807) is 29.6 Å². The second-order valence-corrected chi connectivity index (χ2v) is 6.68. The summed E-state index contributed by atoms with van der Waals surface area (Å²) in [6.45, 7) is -0.144. The first-order valence-corrected chi connectivity index (χ1v) is 7.60. The van der Waals surface area contributed by atoms with Crippen LogP contribution in [0.25, 0.3) is 0 Å². The molecule has 1 heterocycles. The first-order valence-electron chi connectivity index (χ1n) is 5.28. The Morgan fingerprint density at radius 1 is 1.28 bits per heavy atom. The maximum atomic E-state index is 12.3. The molecule has 0 aliphatic heterocycles. The van der Waals surface area contributed by atoms with Crippen molar-refractivity contribution in [1.29, 1.82) is 0 Å². The fraction of sp³-hybridized carbons (Fsp3) is 0.167. The molecule has 0 aliphatic carbocycles. The summed E-state index contributed by atoms with van der Waals surface area (Å²) in [5.41, 5.74) is 0.606. The lowest BCUT2D eigenvalue weighted by molar-refractivity contribution is 0.285. The molecule has 0 amide bonds. The Kier molecular flexibility index (Phi) is 3.70. The van der Waals surface area contributed by atoms with Crippen LogP contribution in [-0.4, -0.2) is 20.6 Å². The van der Waals surface area contributed by atoms with Gasteiger partial charge >= 0.3 is 0 Å². The lowest BCUT2D eigenvalue weighted by Gasteiger charge is -2.18. The number of anilines is 1. The van der Waals surface area contributed by atoms with Crippen molar-refractivity contribution in [2.24, 2.45) is 0 Å². The van der Waals surface area contributed by atoms with Crippen LogP contribution < -0.4 is 4.31 Å². The van der Waals surface area contributed by atoms with Gasteiger partial charge in [-0.15, -0.1) is 11.3 Å². The van der Waals surface area contributed by atoms with Crippen LogP contribution in [0.4, 0.5) is 5.69 Å². The molecule has 0 atom stereocenters. The molecule has 0 bridgehead atoms. The number of sulfonamides is 1. The Morgan fingerprint density at radius 3 is 2.50 bits per heavy atom. The summed E-state index contributed by atoms with van der Waals surface area (Å²) in [5, 5.41) is 10.5. The lowest BCUT2D eigenvalue weighted by Crippen LogP contribution is -2.26. The first kappa shape index (κ1) is 13.1. The van der Waals surface area contributed by atoms with Crippen molar-refractivity contribution >= 4 is 27.0 Å². The third-order valence-electron chi connectivity index (χ3n) is 2.56. The highest BCUT2D eigenvalue weighted by atomic mass is 32.2. The second-order valence-electron chi connectivity index (χ2n) is 3.71. The highest BCUT2D eigenvalue weighted by Gasteiger charge is 2.22. The van der Waals surface area contributed by atoms with Gasteiger partial charge in [-0.1, -0.05) is 18.2 Å². The predicted octanol–water partition coefficient (Wildman–Crippen LogP) is 2.07. The zero-order valence-corrected chi connectivity index (χ0v) is 11.4. The van der Waals surface area contributed by atoms with Gasteiger partial charge in [0.2, 0.25) is 0 Å². The van der Waals surface area contributed by atoms with Crippen molar-refractivity contribution in [2.45, 2.75) is 11.5 Å². The van der Waals surface area contributed by atoms with Crippen molar-refractivity contribution in [3.05, 3.63) is 46.7 Å². The summed E-state index contributed by atoms with van der Waals surface area (Å²) in [4.78, 5) is 0.845. The van der Waals surface area contributed by atoms with Gasteiger partial charge < -0.3 is 5.11 Å². The fourth-order valence-corrected chi connectivity index (χ4v) is 3.83. The highest BCUT2D eigenvalue weighted by Crippen LogP contribution is 2.25. The number of hydrogen-bond donors (Lipinski definition) is 1. The first-order chi connectivity index (χ1) is 8.55. The van der Waals surface area contributed by atoms with E-state index in [4.69, 9.17) is 5.11 Å². The van der Waals surface area contributed by atoms with Crippen molar-refractivity contribution in [2.75, 3.05) is 11.4 Å². The molecule has 0 radical (unpaired) electrons. The van der Waals surface area contributed by atoms with Crippen molar-refractivity contribution in [3.8, 4) is 0 Å². The standard InChI is InChI=1S/C12H13NO3S2/c1-13(10-5-3-2-4-6-10)18(15,16)12-7-11(8-14)17-9-12/h2-7,9,14H,8H2,1H3. The average Bonchev–Trinajstić information content (AvgIpc) is 2.88. The molecule has 96 valence electrons. The molecule has 1 N–H and O–H groups in total. The maximum absolute atomic E-state index is 12.3. The largest absolute Gasteiger partial charge is 0.391 e. The molecule has 0 saturated carbocycles. The topological polar surface area (TPSA) is 57.6 Å². The van der Waals surface area contributed by atoms with E-state index in [1.807, 2.05) is 6.07 Å². The number of aliphatic hydroxyl groups excluding tert-OH is 1. The number of benzene rings is 1. The summed E-state index contributed by atoms with van der Waals surface area (Å²) < 4.78 is 25.9. The van der Waals surface area contributed by atoms with E-state index < -0.39 is 10.0 Å². The van der Waals surface area contributed by atoms with Crippen LogP contribution in [0.15, 0.2) is 46.7 Å². The SMILES string of the molecule is CN(c1ccccc1)S(=O)(=O)c1csc(CO)c1. The van der Waals surface area contributed by atoms with E-state index in [9.17, 15) is 8.42 Å². The number of para-hydroxylation sites is 1. The van der Waals surface area contributed by atoms with Crippen LogP contribution in [0, 0.1) is 0 Å². The molecule has 0 saturated heterocycles.